The Labute approximate surface area is 110 Å². The van der Waals surface area contributed by atoms with Crippen LogP contribution >= 0.6 is 23.6 Å². The molecule has 0 amide bonds. The molecule has 1 aliphatic rings. The summed E-state index contributed by atoms with van der Waals surface area (Å²) in [7, 11) is -3.98. The van der Waals surface area contributed by atoms with E-state index in [9.17, 15) is 8.42 Å². The molecule has 0 aromatic heterocycles. The largest absolute Gasteiger partial charge is 0.304 e. The van der Waals surface area contributed by atoms with Crippen molar-refractivity contribution in [2.45, 2.75) is 19.4 Å². The van der Waals surface area contributed by atoms with Crippen molar-refractivity contribution in [2.75, 3.05) is 12.3 Å². The first-order valence-corrected chi connectivity index (χ1v) is 6.99. The highest BCUT2D eigenvalue weighted by Crippen LogP contribution is 2.27. The minimum absolute atomic E-state index is 0.0932. The predicted molar refractivity (Wildman–Crippen MR) is 65.1 cm³/mol. The summed E-state index contributed by atoms with van der Waals surface area (Å²) in [5, 5.41) is 1.47. The summed E-state index contributed by atoms with van der Waals surface area (Å²) >= 11 is 11.4. The first-order chi connectivity index (χ1) is 7.63. The summed E-state index contributed by atoms with van der Waals surface area (Å²) in [5.41, 5.74) is 5.53. The number of nitrogens with one attached hydrogen (secondary N) is 2. The number of hydrogen-bond acceptors (Lipinski definition) is 6. The Hall–Kier alpha value is -0.250. The molecule has 0 aliphatic carbocycles. The van der Waals surface area contributed by atoms with Crippen molar-refractivity contribution in [1.82, 2.24) is 19.9 Å². The van der Waals surface area contributed by atoms with Crippen molar-refractivity contribution in [1.29, 1.82) is 0 Å². The molecule has 0 fully saturated rings. The summed E-state index contributed by atoms with van der Waals surface area (Å²) in [4.78, 5) is 0. The Kier molecular flexibility index (Phi) is 4.50. The van der Waals surface area contributed by atoms with Crippen molar-refractivity contribution in [3.8, 4) is 0 Å². The lowest BCUT2D eigenvalue weighted by molar-refractivity contribution is 0.277. The minimum atomic E-state index is -3.98. The fourth-order valence-electron chi connectivity index (χ4n) is 1.09. The summed E-state index contributed by atoms with van der Waals surface area (Å²) in [6, 6.07) is 0. The summed E-state index contributed by atoms with van der Waals surface area (Å²) in [6.07, 6.45) is 1.63. The van der Waals surface area contributed by atoms with Crippen LogP contribution in [-0.2, 0) is 10.1 Å². The molecule has 7 nitrogen and oxygen atoms in total. The second-order valence-electron chi connectivity index (χ2n) is 4.05. The number of hydrogen-bond donors (Lipinski definition) is 3. The zero-order valence-corrected chi connectivity index (χ0v) is 11.6. The van der Waals surface area contributed by atoms with E-state index in [-0.39, 0.29) is 12.3 Å². The average molecular weight is 305 g/mol. The van der Waals surface area contributed by atoms with Crippen molar-refractivity contribution >= 4 is 33.7 Å². The fourth-order valence-corrected chi connectivity index (χ4v) is 1.70. The maximum Gasteiger partial charge on any atom is 0.266 e. The van der Waals surface area contributed by atoms with Gasteiger partial charge in [0.2, 0.25) is 0 Å². The van der Waals surface area contributed by atoms with Gasteiger partial charge in [-0.2, -0.15) is 8.42 Å². The molecule has 10 heteroatoms. The van der Waals surface area contributed by atoms with Crippen LogP contribution in [0.3, 0.4) is 0 Å². The van der Waals surface area contributed by atoms with E-state index in [2.05, 4.69) is 11.0 Å². The predicted octanol–water partition coefficient (Wildman–Crippen LogP) is 0.429. The molecule has 1 aliphatic heterocycles. The normalized spacial score (nSPS) is 17.3. The van der Waals surface area contributed by atoms with E-state index in [0.29, 0.717) is 5.70 Å². The summed E-state index contributed by atoms with van der Waals surface area (Å²) < 4.78 is 30.8. The molecular weight excluding hydrogens is 291 g/mol. The second-order valence-corrected chi connectivity index (χ2v) is 6.47. The number of nitrogens with zero attached hydrogens (tertiary/aromatic N) is 2. The zero-order valence-electron chi connectivity index (χ0n) is 9.31. The molecule has 1 rings (SSSR count). The van der Waals surface area contributed by atoms with E-state index >= 15 is 0 Å². The molecule has 0 aromatic rings. The standard InChI is InChI=1S/C7H14Cl2N4O3S/c1-7(2,13(8)9)6-5-12(11-10-6)3-4-17(14,15)16/h5,10-11H,3-4H2,1-2H3,(H,14,15,16). The molecule has 3 N–H and O–H groups in total. The van der Waals surface area contributed by atoms with Gasteiger partial charge in [-0.15, -0.1) is 9.47 Å². The zero-order chi connectivity index (χ0) is 13.3. The molecule has 17 heavy (non-hydrogen) atoms. The molecule has 1 heterocycles. The Morgan fingerprint density at radius 2 is 2.12 bits per heavy atom. The molecule has 0 unspecified atom stereocenters. The van der Waals surface area contributed by atoms with Crippen LogP contribution in [0.15, 0.2) is 11.9 Å². The lowest BCUT2D eigenvalue weighted by Crippen LogP contribution is -2.43. The van der Waals surface area contributed by atoms with E-state index in [1.54, 1.807) is 20.0 Å². The van der Waals surface area contributed by atoms with Gasteiger partial charge in [-0.25, -0.2) is 0 Å². The first kappa shape index (κ1) is 14.8. The van der Waals surface area contributed by atoms with Gasteiger partial charge in [-0.3, -0.25) is 9.56 Å². The first-order valence-electron chi connectivity index (χ1n) is 4.70. The summed E-state index contributed by atoms with van der Waals surface area (Å²) in [6.45, 7) is 3.65. The molecular formula is C7H14Cl2N4O3S. The van der Waals surface area contributed by atoms with Gasteiger partial charge in [0, 0.05) is 6.20 Å². The Balaban J connectivity index is 2.63. The molecule has 0 aromatic carbocycles. The molecule has 0 atom stereocenters. The molecule has 0 saturated carbocycles. The van der Waals surface area contributed by atoms with Crippen LogP contribution in [0.25, 0.3) is 0 Å². The Morgan fingerprint density at radius 1 is 1.53 bits per heavy atom. The Morgan fingerprint density at radius 3 is 2.59 bits per heavy atom. The van der Waals surface area contributed by atoms with Crippen LogP contribution in [0.2, 0.25) is 0 Å². The van der Waals surface area contributed by atoms with Crippen molar-refractivity contribution in [3.05, 3.63) is 11.9 Å². The topological polar surface area (TPSA) is 84.9 Å². The molecule has 0 bridgehead atoms. The van der Waals surface area contributed by atoms with E-state index in [0.717, 1.165) is 3.94 Å². The highest BCUT2D eigenvalue weighted by molar-refractivity contribution is 7.85. The fraction of sp³-hybridized carbons (Fsp3) is 0.714. The monoisotopic (exact) mass is 304 g/mol. The van der Waals surface area contributed by atoms with Crippen molar-refractivity contribution in [3.63, 3.8) is 0 Å². The maximum absolute atomic E-state index is 10.6. The minimum Gasteiger partial charge on any atom is -0.304 e. The highest BCUT2D eigenvalue weighted by Gasteiger charge is 2.32. The van der Waals surface area contributed by atoms with Crippen LogP contribution in [0.5, 0.6) is 0 Å². The van der Waals surface area contributed by atoms with E-state index < -0.39 is 15.7 Å². The van der Waals surface area contributed by atoms with Crippen LogP contribution in [0.4, 0.5) is 0 Å². The third-order valence-electron chi connectivity index (χ3n) is 2.29. The highest BCUT2D eigenvalue weighted by atomic mass is 35.5. The third kappa shape index (κ3) is 4.16. The smallest absolute Gasteiger partial charge is 0.266 e. The van der Waals surface area contributed by atoms with Crippen molar-refractivity contribution < 1.29 is 13.0 Å². The van der Waals surface area contributed by atoms with Crippen molar-refractivity contribution in [2.24, 2.45) is 0 Å². The van der Waals surface area contributed by atoms with Gasteiger partial charge in [0.25, 0.3) is 10.1 Å². The van der Waals surface area contributed by atoms with Gasteiger partial charge in [0.05, 0.1) is 23.5 Å². The molecule has 0 radical (unpaired) electrons. The van der Waals surface area contributed by atoms with Gasteiger partial charge in [-0.05, 0) is 37.4 Å². The SMILES string of the molecule is CC(C)(C1=CN(CCS(=O)(=O)O)NN1)N(Cl)Cl. The molecule has 0 spiro atoms. The quantitative estimate of drug-likeness (QED) is 0.501. The van der Waals surface area contributed by atoms with Crippen LogP contribution in [0.1, 0.15) is 13.8 Å². The number of hydrazine groups is 2. The molecule has 100 valence electrons. The maximum atomic E-state index is 10.6. The Bertz CT molecular complexity index is 409. The second kappa shape index (κ2) is 5.17. The van der Waals surface area contributed by atoms with Gasteiger partial charge in [0.1, 0.15) is 0 Å². The molecule has 0 saturated heterocycles. The van der Waals surface area contributed by atoms with E-state index in [4.69, 9.17) is 28.1 Å². The van der Waals surface area contributed by atoms with E-state index in [1.165, 1.54) is 5.01 Å². The lowest BCUT2D eigenvalue weighted by atomic mass is 10.0. The van der Waals surface area contributed by atoms with Gasteiger partial charge in [0.15, 0.2) is 0 Å². The lowest BCUT2D eigenvalue weighted by Gasteiger charge is -2.27. The third-order valence-corrected chi connectivity index (χ3v) is 3.83. The van der Waals surface area contributed by atoms with Crippen LogP contribution in [0, 0.1) is 0 Å². The van der Waals surface area contributed by atoms with Crippen LogP contribution < -0.4 is 11.0 Å². The average Bonchev–Trinajstić information content (AvgIpc) is 2.62. The van der Waals surface area contributed by atoms with E-state index in [1.807, 2.05) is 0 Å². The van der Waals surface area contributed by atoms with Gasteiger partial charge < -0.3 is 5.43 Å². The van der Waals surface area contributed by atoms with Gasteiger partial charge in [-0.1, -0.05) is 0 Å². The van der Waals surface area contributed by atoms with Gasteiger partial charge >= 0.3 is 0 Å². The number of halogens is 2. The number of rotatable bonds is 5. The van der Waals surface area contributed by atoms with Crippen LogP contribution in [-0.4, -0.2) is 39.8 Å². The summed E-state index contributed by atoms with van der Waals surface area (Å²) in [5.74, 6) is -0.378.